The molecule has 0 saturated heterocycles. The summed E-state index contributed by atoms with van der Waals surface area (Å²) in [7, 11) is 1.59. The number of nitrogens with one attached hydrogen (secondary N) is 1. The topological polar surface area (TPSA) is 59.6 Å². The fourth-order valence-corrected chi connectivity index (χ4v) is 1.91. The molecule has 2 aromatic carbocycles. The molecule has 0 saturated carbocycles. The van der Waals surface area contributed by atoms with Crippen LogP contribution in [0.3, 0.4) is 0 Å². The third kappa shape index (κ3) is 4.36. The van der Waals surface area contributed by atoms with Crippen LogP contribution in [0.4, 0.5) is 10.1 Å². The number of nitrogens with zero attached hydrogens (tertiary/aromatic N) is 1. The standard InChI is InChI=1S/C15H15ClFN3O/c1-21-12-4-2-3-11(8-12)20-15(18)19-9-10-5-6-14(17)13(16)7-10/h2-8H,9H2,1H3,(H3,18,19,20). The number of aliphatic imine (C=N–C) groups is 1. The lowest BCUT2D eigenvalue weighted by Crippen LogP contribution is -2.22. The van der Waals surface area contributed by atoms with Crippen molar-refractivity contribution in [3.63, 3.8) is 0 Å². The summed E-state index contributed by atoms with van der Waals surface area (Å²) in [6.45, 7) is 0.308. The van der Waals surface area contributed by atoms with Gasteiger partial charge in [0.1, 0.15) is 11.6 Å². The quantitative estimate of drug-likeness (QED) is 0.672. The second kappa shape index (κ2) is 6.95. The monoisotopic (exact) mass is 307 g/mol. The van der Waals surface area contributed by atoms with Gasteiger partial charge < -0.3 is 15.8 Å². The number of hydrogen-bond donors (Lipinski definition) is 2. The van der Waals surface area contributed by atoms with Crippen molar-refractivity contribution in [2.24, 2.45) is 10.7 Å². The molecule has 0 spiro atoms. The van der Waals surface area contributed by atoms with Gasteiger partial charge in [-0.05, 0) is 29.8 Å². The van der Waals surface area contributed by atoms with Crippen molar-refractivity contribution in [2.75, 3.05) is 12.4 Å². The molecule has 6 heteroatoms. The van der Waals surface area contributed by atoms with E-state index in [1.165, 1.54) is 12.1 Å². The van der Waals surface area contributed by atoms with Crippen molar-refractivity contribution < 1.29 is 9.13 Å². The molecule has 4 nitrogen and oxygen atoms in total. The number of nitrogens with two attached hydrogens (primary N) is 1. The number of methoxy groups -OCH3 is 1. The molecule has 0 aliphatic rings. The molecule has 2 rings (SSSR count). The van der Waals surface area contributed by atoms with E-state index >= 15 is 0 Å². The zero-order valence-electron chi connectivity index (χ0n) is 11.4. The van der Waals surface area contributed by atoms with Gasteiger partial charge in [-0.2, -0.15) is 0 Å². The molecule has 0 atom stereocenters. The first kappa shape index (κ1) is 15.1. The maximum Gasteiger partial charge on any atom is 0.193 e. The van der Waals surface area contributed by atoms with Crippen molar-refractivity contribution in [3.8, 4) is 5.75 Å². The van der Waals surface area contributed by atoms with Gasteiger partial charge in [0.05, 0.1) is 18.7 Å². The van der Waals surface area contributed by atoms with Crippen LogP contribution in [-0.2, 0) is 6.54 Å². The Kier molecular flexibility index (Phi) is 5.00. The van der Waals surface area contributed by atoms with E-state index < -0.39 is 5.82 Å². The van der Waals surface area contributed by atoms with Gasteiger partial charge in [-0.25, -0.2) is 9.38 Å². The third-order valence-electron chi connectivity index (χ3n) is 2.76. The molecule has 0 fully saturated rings. The number of hydrogen-bond acceptors (Lipinski definition) is 2. The normalized spacial score (nSPS) is 11.3. The highest BCUT2D eigenvalue weighted by Crippen LogP contribution is 2.17. The number of rotatable bonds is 4. The summed E-state index contributed by atoms with van der Waals surface area (Å²) in [5, 5.41) is 3.02. The van der Waals surface area contributed by atoms with Gasteiger partial charge in [0.2, 0.25) is 0 Å². The minimum atomic E-state index is -0.452. The van der Waals surface area contributed by atoms with Crippen molar-refractivity contribution in [2.45, 2.75) is 6.54 Å². The first-order valence-electron chi connectivity index (χ1n) is 6.23. The number of benzene rings is 2. The van der Waals surface area contributed by atoms with Crippen molar-refractivity contribution in [1.82, 2.24) is 0 Å². The Hall–Kier alpha value is -2.27. The van der Waals surface area contributed by atoms with E-state index in [1.54, 1.807) is 19.2 Å². The molecule has 0 aliphatic carbocycles. The first-order valence-corrected chi connectivity index (χ1v) is 6.61. The summed E-state index contributed by atoms with van der Waals surface area (Å²) in [6, 6.07) is 11.8. The molecular weight excluding hydrogens is 293 g/mol. The Morgan fingerprint density at radius 3 is 2.86 bits per heavy atom. The van der Waals surface area contributed by atoms with E-state index in [2.05, 4.69) is 10.3 Å². The van der Waals surface area contributed by atoms with E-state index in [4.69, 9.17) is 22.1 Å². The molecule has 2 aromatic rings. The highest BCUT2D eigenvalue weighted by molar-refractivity contribution is 6.30. The van der Waals surface area contributed by atoms with Crippen molar-refractivity contribution in [1.29, 1.82) is 0 Å². The maximum absolute atomic E-state index is 13.0. The summed E-state index contributed by atoms with van der Waals surface area (Å²) in [6.07, 6.45) is 0. The molecule has 3 N–H and O–H groups in total. The molecule has 21 heavy (non-hydrogen) atoms. The lowest BCUT2D eigenvalue weighted by molar-refractivity contribution is 0.415. The molecular formula is C15H15ClFN3O. The molecule has 0 bridgehead atoms. The fraction of sp³-hybridized carbons (Fsp3) is 0.133. The Bertz CT molecular complexity index is 661. The average Bonchev–Trinajstić information content (AvgIpc) is 2.48. The van der Waals surface area contributed by atoms with E-state index in [0.717, 1.165) is 17.0 Å². The Balaban J connectivity index is 2.01. The first-order chi connectivity index (χ1) is 10.1. The number of halogens is 2. The van der Waals surface area contributed by atoms with Gasteiger partial charge in [-0.3, -0.25) is 0 Å². The Labute approximate surface area is 127 Å². The van der Waals surface area contributed by atoms with Crippen LogP contribution in [0, 0.1) is 5.82 Å². The van der Waals surface area contributed by atoms with Crippen LogP contribution in [0.5, 0.6) is 5.75 Å². The lowest BCUT2D eigenvalue weighted by atomic mass is 10.2. The minimum absolute atomic E-state index is 0.0713. The lowest BCUT2D eigenvalue weighted by Gasteiger charge is -2.07. The van der Waals surface area contributed by atoms with Crippen LogP contribution in [0.1, 0.15) is 5.56 Å². The summed E-state index contributed by atoms with van der Waals surface area (Å²) in [4.78, 5) is 4.18. The van der Waals surface area contributed by atoms with Gasteiger partial charge in [0, 0.05) is 11.8 Å². The van der Waals surface area contributed by atoms with Crippen LogP contribution < -0.4 is 15.8 Å². The molecule has 0 radical (unpaired) electrons. The summed E-state index contributed by atoms with van der Waals surface area (Å²) in [5.41, 5.74) is 7.35. The third-order valence-corrected chi connectivity index (χ3v) is 3.05. The predicted molar refractivity (Wildman–Crippen MR) is 83.4 cm³/mol. The van der Waals surface area contributed by atoms with Crippen LogP contribution in [-0.4, -0.2) is 13.1 Å². The fourth-order valence-electron chi connectivity index (χ4n) is 1.70. The summed E-state index contributed by atoms with van der Waals surface area (Å²) in [5.74, 6) is 0.522. The number of ether oxygens (including phenoxy) is 1. The second-order valence-electron chi connectivity index (χ2n) is 4.31. The summed E-state index contributed by atoms with van der Waals surface area (Å²) >= 11 is 5.71. The van der Waals surface area contributed by atoms with E-state index in [1.807, 2.05) is 18.2 Å². The smallest absolute Gasteiger partial charge is 0.193 e. The highest BCUT2D eigenvalue weighted by Gasteiger charge is 2.01. The van der Waals surface area contributed by atoms with Crippen molar-refractivity contribution in [3.05, 3.63) is 58.9 Å². The van der Waals surface area contributed by atoms with Crippen LogP contribution in [0.25, 0.3) is 0 Å². The zero-order valence-corrected chi connectivity index (χ0v) is 12.2. The van der Waals surface area contributed by atoms with Gasteiger partial charge in [0.25, 0.3) is 0 Å². The second-order valence-corrected chi connectivity index (χ2v) is 4.71. The van der Waals surface area contributed by atoms with Crippen molar-refractivity contribution >= 4 is 23.2 Å². The molecule has 0 amide bonds. The largest absolute Gasteiger partial charge is 0.497 e. The molecule has 0 aliphatic heterocycles. The molecule has 0 aromatic heterocycles. The van der Waals surface area contributed by atoms with E-state index in [9.17, 15) is 4.39 Å². The van der Waals surface area contributed by atoms with E-state index in [0.29, 0.717) is 6.54 Å². The zero-order chi connectivity index (χ0) is 15.2. The molecule has 0 heterocycles. The van der Waals surface area contributed by atoms with Gasteiger partial charge in [-0.15, -0.1) is 0 Å². The average molecular weight is 308 g/mol. The molecule has 110 valence electrons. The highest BCUT2D eigenvalue weighted by atomic mass is 35.5. The number of guanidine groups is 1. The van der Waals surface area contributed by atoms with Crippen LogP contribution in [0.15, 0.2) is 47.5 Å². The maximum atomic E-state index is 13.0. The van der Waals surface area contributed by atoms with Gasteiger partial charge in [-0.1, -0.05) is 23.7 Å². The van der Waals surface area contributed by atoms with Gasteiger partial charge in [0.15, 0.2) is 5.96 Å². The number of anilines is 1. The molecule has 0 unspecified atom stereocenters. The minimum Gasteiger partial charge on any atom is -0.497 e. The van der Waals surface area contributed by atoms with Crippen LogP contribution in [0.2, 0.25) is 5.02 Å². The Morgan fingerprint density at radius 1 is 1.33 bits per heavy atom. The van der Waals surface area contributed by atoms with E-state index in [-0.39, 0.29) is 11.0 Å². The summed E-state index contributed by atoms with van der Waals surface area (Å²) < 4.78 is 18.2. The predicted octanol–water partition coefficient (Wildman–Crippen LogP) is 3.41. The Morgan fingerprint density at radius 2 is 2.14 bits per heavy atom. The van der Waals surface area contributed by atoms with Gasteiger partial charge >= 0.3 is 0 Å². The SMILES string of the molecule is COc1cccc(NC(N)=NCc2ccc(F)c(Cl)c2)c1. The van der Waals surface area contributed by atoms with Crippen LogP contribution >= 0.6 is 11.6 Å².